The van der Waals surface area contributed by atoms with Crippen LogP contribution < -0.4 is 0 Å². The smallest absolute Gasteiger partial charge is 0.160 e. The van der Waals surface area contributed by atoms with E-state index in [2.05, 4.69) is 206 Å². The Balaban J connectivity index is 0.985. The van der Waals surface area contributed by atoms with Crippen molar-refractivity contribution >= 4 is 21.5 Å². The molecular formula is C55H34N2. The van der Waals surface area contributed by atoms with E-state index in [1.165, 1.54) is 77.2 Å². The van der Waals surface area contributed by atoms with Crippen molar-refractivity contribution in [1.29, 1.82) is 0 Å². The Morgan fingerprint density at radius 2 is 0.684 bits per heavy atom. The van der Waals surface area contributed by atoms with Crippen molar-refractivity contribution in [2.24, 2.45) is 0 Å². The van der Waals surface area contributed by atoms with Crippen molar-refractivity contribution in [3.05, 3.63) is 229 Å². The van der Waals surface area contributed by atoms with Gasteiger partial charge in [0.25, 0.3) is 0 Å². The van der Waals surface area contributed by atoms with Gasteiger partial charge in [0.05, 0.1) is 16.8 Å². The minimum absolute atomic E-state index is 0.367. The van der Waals surface area contributed by atoms with Crippen LogP contribution in [0, 0.1) is 0 Å². The summed E-state index contributed by atoms with van der Waals surface area (Å²) in [5.41, 5.74) is 17.6. The van der Waals surface area contributed by atoms with E-state index in [0.29, 0.717) is 5.82 Å². The van der Waals surface area contributed by atoms with Gasteiger partial charge < -0.3 is 0 Å². The number of hydrogen-bond acceptors (Lipinski definition) is 2. The van der Waals surface area contributed by atoms with Crippen LogP contribution in [0.3, 0.4) is 0 Å². The summed E-state index contributed by atoms with van der Waals surface area (Å²) in [5.74, 6) is 0.714. The summed E-state index contributed by atoms with van der Waals surface area (Å²) in [7, 11) is 0. The van der Waals surface area contributed by atoms with E-state index in [1.807, 2.05) is 0 Å². The van der Waals surface area contributed by atoms with Gasteiger partial charge >= 0.3 is 0 Å². The number of nitrogens with zero attached hydrogens (tertiary/aromatic N) is 2. The van der Waals surface area contributed by atoms with E-state index in [1.54, 1.807) is 0 Å². The Morgan fingerprint density at radius 3 is 1.28 bits per heavy atom. The Hall–Kier alpha value is -7.42. The monoisotopic (exact) mass is 722 g/mol. The first kappa shape index (κ1) is 31.9. The summed E-state index contributed by atoms with van der Waals surface area (Å²) < 4.78 is 0. The zero-order valence-electron chi connectivity index (χ0n) is 31.0. The zero-order chi connectivity index (χ0) is 37.5. The highest BCUT2D eigenvalue weighted by atomic mass is 14.9. The number of benzene rings is 9. The lowest BCUT2D eigenvalue weighted by Gasteiger charge is -2.30. The average Bonchev–Trinajstić information content (AvgIpc) is 3.76. The van der Waals surface area contributed by atoms with Gasteiger partial charge in [0.1, 0.15) is 0 Å². The van der Waals surface area contributed by atoms with Crippen LogP contribution in [-0.2, 0) is 5.41 Å². The van der Waals surface area contributed by atoms with E-state index >= 15 is 0 Å². The molecule has 0 unspecified atom stereocenters. The molecule has 0 radical (unpaired) electrons. The minimum Gasteiger partial charge on any atom is -0.228 e. The third-order valence-electron chi connectivity index (χ3n) is 12.3. The molecule has 0 fully saturated rings. The van der Waals surface area contributed by atoms with Crippen molar-refractivity contribution in [3.63, 3.8) is 0 Å². The van der Waals surface area contributed by atoms with Gasteiger partial charge in [-0.2, -0.15) is 0 Å². The molecule has 2 nitrogen and oxygen atoms in total. The van der Waals surface area contributed by atoms with Crippen LogP contribution in [0.2, 0.25) is 0 Å². The maximum absolute atomic E-state index is 5.22. The lowest BCUT2D eigenvalue weighted by Crippen LogP contribution is -2.25. The van der Waals surface area contributed by atoms with Gasteiger partial charge in [-0.1, -0.05) is 182 Å². The Bertz CT molecular complexity index is 3090. The standard InChI is InChI=1S/C55H34N2/c1-3-13-39-31-42(27-23-35(39)11-1)53-34-52(56-54(57-53)43-28-24-36-12-2-4-14-40(36)32-43)38-25-21-37(22-26-38)41-29-30-47-46-17-7-10-20-50(46)55(51(47)33-41)48-18-8-5-15-44(48)45-16-6-9-19-49(45)55/h1-34H. The second-order valence-electron chi connectivity index (χ2n) is 15.3. The first-order valence-electron chi connectivity index (χ1n) is 19.6. The fourth-order valence-corrected chi connectivity index (χ4v) is 9.66. The Labute approximate surface area is 331 Å². The Morgan fingerprint density at radius 1 is 0.263 bits per heavy atom. The van der Waals surface area contributed by atoms with E-state index in [-0.39, 0.29) is 5.41 Å². The third kappa shape index (κ3) is 4.77. The molecule has 0 N–H and O–H groups in total. The summed E-state index contributed by atoms with van der Waals surface area (Å²) in [6.07, 6.45) is 0. The number of aromatic nitrogens is 2. The molecule has 264 valence electrons. The fraction of sp³-hybridized carbons (Fsp3) is 0.0182. The molecule has 0 saturated carbocycles. The maximum Gasteiger partial charge on any atom is 0.160 e. The van der Waals surface area contributed by atoms with E-state index in [4.69, 9.17) is 9.97 Å². The molecule has 2 heteroatoms. The SMILES string of the molecule is c1ccc2c(c1)-c1ccccc1C21c2ccccc2-c2ccc(-c3ccc(-c4cc(-c5ccc6ccccc6c5)nc(-c5ccc6ccccc6c5)n4)cc3)cc21. The predicted molar refractivity (Wildman–Crippen MR) is 235 cm³/mol. The first-order chi connectivity index (χ1) is 28.2. The normalized spacial score (nSPS) is 13.1. The lowest BCUT2D eigenvalue weighted by atomic mass is 9.70. The van der Waals surface area contributed by atoms with Crippen molar-refractivity contribution in [2.75, 3.05) is 0 Å². The topological polar surface area (TPSA) is 25.8 Å². The molecule has 0 bridgehead atoms. The molecular weight excluding hydrogens is 689 g/mol. The van der Waals surface area contributed by atoms with Crippen LogP contribution in [0.25, 0.3) is 88.8 Å². The van der Waals surface area contributed by atoms with E-state index in [9.17, 15) is 0 Å². The summed E-state index contributed by atoms with van der Waals surface area (Å²) in [6.45, 7) is 0. The second-order valence-corrected chi connectivity index (χ2v) is 15.3. The number of hydrogen-bond donors (Lipinski definition) is 0. The minimum atomic E-state index is -0.367. The molecule has 57 heavy (non-hydrogen) atoms. The number of rotatable bonds is 4. The van der Waals surface area contributed by atoms with Crippen LogP contribution in [-0.4, -0.2) is 9.97 Å². The molecule has 1 aromatic heterocycles. The van der Waals surface area contributed by atoms with Gasteiger partial charge in [-0.3, -0.25) is 0 Å². The zero-order valence-corrected chi connectivity index (χ0v) is 31.0. The highest BCUT2D eigenvalue weighted by Gasteiger charge is 2.51. The van der Waals surface area contributed by atoms with Gasteiger partial charge in [0, 0.05) is 16.7 Å². The molecule has 2 aliphatic rings. The van der Waals surface area contributed by atoms with Gasteiger partial charge in [0.2, 0.25) is 0 Å². The quantitative estimate of drug-likeness (QED) is 0.181. The predicted octanol–water partition coefficient (Wildman–Crippen LogP) is 13.8. The lowest BCUT2D eigenvalue weighted by molar-refractivity contribution is 0.794. The van der Waals surface area contributed by atoms with Crippen molar-refractivity contribution in [2.45, 2.75) is 5.41 Å². The van der Waals surface area contributed by atoms with Crippen LogP contribution >= 0.6 is 0 Å². The summed E-state index contributed by atoms with van der Waals surface area (Å²) >= 11 is 0. The van der Waals surface area contributed by atoms with E-state index in [0.717, 1.165) is 28.1 Å². The molecule has 12 rings (SSSR count). The average molecular weight is 723 g/mol. The second kappa shape index (κ2) is 12.3. The van der Waals surface area contributed by atoms with Gasteiger partial charge in [-0.15, -0.1) is 0 Å². The highest BCUT2D eigenvalue weighted by Crippen LogP contribution is 2.63. The molecule has 0 aliphatic heterocycles. The largest absolute Gasteiger partial charge is 0.228 e. The van der Waals surface area contributed by atoms with Crippen LogP contribution in [0.15, 0.2) is 206 Å². The van der Waals surface area contributed by atoms with Gasteiger partial charge in [-0.05, 0) is 101 Å². The van der Waals surface area contributed by atoms with Gasteiger partial charge in [-0.25, -0.2) is 9.97 Å². The van der Waals surface area contributed by atoms with Crippen molar-refractivity contribution in [1.82, 2.24) is 9.97 Å². The molecule has 1 spiro atoms. The molecule has 0 atom stereocenters. The molecule has 9 aromatic carbocycles. The summed E-state index contributed by atoms with van der Waals surface area (Å²) in [6, 6.07) is 75.1. The molecule has 2 aliphatic carbocycles. The molecule has 0 amide bonds. The Kier molecular flexibility index (Phi) is 6.88. The third-order valence-corrected chi connectivity index (χ3v) is 12.3. The summed E-state index contributed by atoms with van der Waals surface area (Å²) in [5, 5.41) is 4.77. The maximum atomic E-state index is 5.22. The summed E-state index contributed by atoms with van der Waals surface area (Å²) in [4.78, 5) is 10.4. The van der Waals surface area contributed by atoms with Crippen LogP contribution in [0.4, 0.5) is 0 Å². The number of fused-ring (bicyclic) bond motifs is 12. The highest BCUT2D eigenvalue weighted by molar-refractivity contribution is 5.96. The fourth-order valence-electron chi connectivity index (χ4n) is 9.66. The van der Waals surface area contributed by atoms with Crippen molar-refractivity contribution in [3.8, 4) is 67.3 Å². The van der Waals surface area contributed by atoms with Crippen LogP contribution in [0.1, 0.15) is 22.3 Å². The molecule has 10 aromatic rings. The first-order valence-corrected chi connectivity index (χ1v) is 19.6. The van der Waals surface area contributed by atoms with E-state index < -0.39 is 0 Å². The van der Waals surface area contributed by atoms with Crippen LogP contribution in [0.5, 0.6) is 0 Å². The van der Waals surface area contributed by atoms with Gasteiger partial charge in [0.15, 0.2) is 5.82 Å². The molecule has 1 heterocycles. The van der Waals surface area contributed by atoms with Crippen molar-refractivity contribution < 1.29 is 0 Å². The molecule has 0 saturated heterocycles.